The summed E-state index contributed by atoms with van der Waals surface area (Å²) >= 11 is 3.43. The van der Waals surface area contributed by atoms with Gasteiger partial charge in [0, 0.05) is 36.4 Å². The van der Waals surface area contributed by atoms with Crippen LogP contribution in [0.5, 0.6) is 0 Å². The van der Waals surface area contributed by atoms with Crippen molar-refractivity contribution in [2.24, 2.45) is 11.7 Å². The van der Waals surface area contributed by atoms with Gasteiger partial charge < -0.3 is 10.6 Å². The highest BCUT2D eigenvalue weighted by molar-refractivity contribution is 9.10. The number of aromatic nitrogens is 1. The second kappa shape index (κ2) is 5.15. The molecule has 1 aliphatic rings. The number of halogens is 1. The van der Waals surface area contributed by atoms with Crippen LogP contribution in [0.3, 0.4) is 0 Å². The summed E-state index contributed by atoms with van der Waals surface area (Å²) in [6.45, 7) is 1.64. The van der Waals surface area contributed by atoms with Gasteiger partial charge in [-0.25, -0.2) is 4.98 Å². The van der Waals surface area contributed by atoms with E-state index >= 15 is 0 Å². The molecule has 4 heteroatoms. The molecule has 1 aliphatic carbocycles. The van der Waals surface area contributed by atoms with E-state index in [-0.39, 0.29) is 0 Å². The van der Waals surface area contributed by atoms with Crippen LogP contribution in [0.1, 0.15) is 24.8 Å². The summed E-state index contributed by atoms with van der Waals surface area (Å²) in [4.78, 5) is 6.69. The van der Waals surface area contributed by atoms with Crippen LogP contribution in [0.15, 0.2) is 16.7 Å². The van der Waals surface area contributed by atoms with Crippen LogP contribution in [0.4, 0.5) is 5.82 Å². The fraction of sp³-hybridized carbons (Fsp3) is 0.583. The molecule has 0 bridgehead atoms. The molecular formula is C12H18BrN3. The molecule has 1 fully saturated rings. The molecule has 0 aromatic carbocycles. The van der Waals surface area contributed by atoms with Crippen LogP contribution in [0.25, 0.3) is 0 Å². The monoisotopic (exact) mass is 283 g/mol. The predicted molar refractivity (Wildman–Crippen MR) is 70.4 cm³/mol. The minimum Gasteiger partial charge on any atom is -0.359 e. The third kappa shape index (κ3) is 2.55. The number of rotatable bonds is 4. The molecule has 1 aromatic heterocycles. The van der Waals surface area contributed by atoms with Gasteiger partial charge in [-0.1, -0.05) is 6.42 Å². The van der Waals surface area contributed by atoms with Gasteiger partial charge in [0.1, 0.15) is 5.82 Å². The highest BCUT2D eigenvalue weighted by atomic mass is 79.9. The molecule has 2 rings (SSSR count). The molecule has 0 spiro atoms. The normalized spacial score (nSPS) is 15.9. The highest BCUT2D eigenvalue weighted by Gasteiger charge is 2.20. The summed E-state index contributed by atoms with van der Waals surface area (Å²) in [6.07, 6.45) is 5.94. The Labute approximate surface area is 105 Å². The third-order valence-corrected chi connectivity index (χ3v) is 3.68. The Morgan fingerprint density at radius 2 is 2.31 bits per heavy atom. The van der Waals surface area contributed by atoms with Gasteiger partial charge >= 0.3 is 0 Å². The summed E-state index contributed by atoms with van der Waals surface area (Å²) in [5.74, 6) is 1.87. The van der Waals surface area contributed by atoms with Gasteiger partial charge in [0.15, 0.2) is 0 Å². The summed E-state index contributed by atoms with van der Waals surface area (Å²) < 4.78 is 0.994. The topological polar surface area (TPSA) is 42.2 Å². The Bertz CT molecular complexity index is 363. The van der Waals surface area contributed by atoms with E-state index in [2.05, 4.69) is 38.9 Å². The molecular weight excluding hydrogens is 266 g/mol. The molecule has 88 valence electrons. The Morgan fingerprint density at radius 1 is 1.56 bits per heavy atom. The average molecular weight is 284 g/mol. The maximum atomic E-state index is 5.75. The molecule has 1 aromatic rings. The van der Waals surface area contributed by atoms with Crippen LogP contribution < -0.4 is 10.6 Å². The number of pyridine rings is 1. The first-order chi connectivity index (χ1) is 7.70. The fourth-order valence-corrected chi connectivity index (χ4v) is 2.50. The van der Waals surface area contributed by atoms with Gasteiger partial charge in [0.2, 0.25) is 0 Å². The molecule has 0 aliphatic heterocycles. The minimum atomic E-state index is 0.538. The number of nitrogens with two attached hydrogens (primary N) is 1. The molecule has 2 N–H and O–H groups in total. The molecule has 3 nitrogen and oxygen atoms in total. The lowest BCUT2D eigenvalue weighted by molar-refractivity contribution is 0.321. The molecule has 0 unspecified atom stereocenters. The maximum absolute atomic E-state index is 5.75. The van der Waals surface area contributed by atoms with Gasteiger partial charge in [-0.05, 0) is 40.8 Å². The third-order valence-electron chi connectivity index (χ3n) is 3.25. The zero-order chi connectivity index (χ0) is 11.5. The Hall–Kier alpha value is -0.610. The lowest BCUT2D eigenvalue weighted by Gasteiger charge is -2.31. The van der Waals surface area contributed by atoms with Gasteiger partial charge in [0.05, 0.1) is 0 Å². The van der Waals surface area contributed by atoms with Crippen LogP contribution in [0.2, 0.25) is 0 Å². The van der Waals surface area contributed by atoms with E-state index in [4.69, 9.17) is 5.73 Å². The van der Waals surface area contributed by atoms with E-state index in [1.54, 1.807) is 0 Å². The Balaban J connectivity index is 2.11. The van der Waals surface area contributed by atoms with Crippen molar-refractivity contribution >= 4 is 21.7 Å². The molecule has 1 saturated carbocycles. The van der Waals surface area contributed by atoms with E-state index in [1.807, 2.05) is 6.20 Å². The number of nitrogens with zero attached hydrogens (tertiary/aromatic N) is 2. The smallest absolute Gasteiger partial charge is 0.132 e. The first-order valence-electron chi connectivity index (χ1n) is 5.76. The van der Waals surface area contributed by atoms with Gasteiger partial charge in [-0.2, -0.15) is 0 Å². The summed E-state index contributed by atoms with van der Waals surface area (Å²) in [5, 5.41) is 0. The van der Waals surface area contributed by atoms with Crippen molar-refractivity contribution in [1.29, 1.82) is 0 Å². The second-order valence-electron chi connectivity index (χ2n) is 4.52. The molecule has 0 radical (unpaired) electrons. The number of hydrogen-bond acceptors (Lipinski definition) is 3. The lowest BCUT2D eigenvalue weighted by Crippen LogP contribution is -2.30. The first kappa shape index (κ1) is 11.9. The highest BCUT2D eigenvalue weighted by Crippen LogP contribution is 2.29. The first-order valence-corrected chi connectivity index (χ1v) is 6.55. The molecule has 1 heterocycles. The van der Waals surface area contributed by atoms with Crippen molar-refractivity contribution in [1.82, 2.24) is 4.98 Å². The maximum Gasteiger partial charge on any atom is 0.132 e. The quantitative estimate of drug-likeness (QED) is 0.924. The molecule has 0 atom stereocenters. The SMILES string of the molecule is CN(CC1CCC1)c1ncc(Br)cc1CN. The summed E-state index contributed by atoms with van der Waals surface area (Å²) in [7, 11) is 2.10. The van der Waals surface area contributed by atoms with E-state index in [1.165, 1.54) is 19.3 Å². The van der Waals surface area contributed by atoms with E-state index < -0.39 is 0 Å². The molecule has 0 amide bonds. The Kier molecular flexibility index (Phi) is 3.82. The Morgan fingerprint density at radius 3 is 2.88 bits per heavy atom. The fourth-order valence-electron chi connectivity index (χ4n) is 2.12. The minimum absolute atomic E-state index is 0.538. The van der Waals surface area contributed by atoms with Crippen molar-refractivity contribution < 1.29 is 0 Å². The summed E-state index contributed by atoms with van der Waals surface area (Å²) in [6, 6.07) is 2.06. The standard InChI is InChI=1S/C12H18BrN3/c1-16(8-9-3-2-4-9)12-10(6-14)5-11(13)7-15-12/h5,7,9H,2-4,6,8,14H2,1H3. The zero-order valence-corrected chi connectivity index (χ0v) is 11.2. The van der Waals surface area contributed by atoms with Crippen molar-refractivity contribution in [2.45, 2.75) is 25.8 Å². The zero-order valence-electron chi connectivity index (χ0n) is 9.62. The second-order valence-corrected chi connectivity index (χ2v) is 5.43. The van der Waals surface area contributed by atoms with Crippen LogP contribution in [-0.4, -0.2) is 18.6 Å². The van der Waals surface area contributed by atoms with E-state index in [0.29, 0.717) is 6.54 Å². The van der Waals surface area contributed by atoms with Crippen molar-refractivity contribution in [3.8, 4) is 0 Å². The van der Waals surface area contributed by atoms with Gasteiger partial charge in [-0.3, -0.25) is 0 Å². The van der Waals surface area contributed by atoms with Crippen LogP contribution >= 0.6 is 15.9 Å². The largest absolute Gasteiger partial charge is 0.359 e. The van der Waals surface area contributed by atoms with E-state index in [0.717, 1.165) is 28.3 Å². The number of hydrogen-bond donors (Lipinski definition) is 1. The van der Waals surface area contributed by atoms with Crippen molar-refractivity contribution in [3.05, 3.63) is 22.3 Å². The molecule has 0 saturated heterocycles. The lowest BCUT2D eigenvalue weighted by atomic mass is 9.85. The van der Waals surface area contributed by atoms with Gasteiger partial charge in [0.25, 0.3) is 0 Å². The predicted octanol–water partition coefficient (Wildman–Crippen LogP) is 2.54. The van der Waals surface area contributed by atoms with Gasteiger partial charge in [-0.15, -0.1) is 0 Å². The summed E-state index contributed by atoms with van der Waals surface area (Å²) in [5.41, 5.74) is 6.85. The van der Waals surface area contributed by atoms with Crippen LogP contribution in [0, 0.1) is 5.92 Å². The average Bonchev–Trinajstić information content (AvgIpc) is 2.23. The van der Waals surface area contributed by atoms with Crippen LogP contribution in [-0.2, 0) is 6.54 Å². The molecule has 16 heavy (non-hydrogen) atoms. The van der Waals surface area contributed by atoms with Crippen molar-refractivity contribution in [3.63, 3.8) is 0 Å². The number of anilines is 1. The van der Waals surface area contributed by atoms with Crippen molar-refractivity contribution in [2.75, 3.05) is 18.5 Å². The van der Waals surface area contributed by atoms with E-state index in [9.17, 15) is 0 Å².